The average Bonchev–Trinajstić information content (AvgIpc) is 3.52. The number of ether oxygens (including phenoxy) is 1. The van der Waals surface area contributed by atoms with Crippen LogP contribution in [0.4, 0.5) is 0 Å². The van der Waals surface area contributed by atoms with Crippen molar-refractivity contribution in [2.75, 3.05) is 26.8 Å². The summed E-state index contributed by atoms with van der Waals surface area (Å²) >= 11 is 0. The Morgan fingerprint density at radius 3 is 2.60 bits per heavy atom. The van der Waals surface area contributed by atoms with Gasteiger partial charge in [0, 0.05) is 31.3 Å². The smallest absolute Gasteiger partial charge is 0.265 e. The molecule has 0 saturated heterocycles. The van der Waals surface area contributed by atoms with Crippen LogP contribution in [0.3, 0.4) is 0 Å². The summed E-state index contributed by atoms with van der Waals surface area (Å²) in [5, 5.41) is 0. The summed E-state index contributed by atoms with van der Waals surface area (Å²) in [6.07, 6.45) is 18.1. The van der Waals surface area contributed by atoms with Gasteiger partial charge in [-0.2, -0.15) is 0 Å². The Hall–Kier alpha value is -5.07. The van der Waals surface area contributed by atoms with Gasteiger partial charge in [0.2, 0.25) is 5.89 Å². The lowest BCUT2D eigenvalue weighted by Crippen LogP contribution is -2.43. The van der Waals surface area contributed by atoms with Gasteiger partial charge >= 0.3 is 0 Å². The Labute approximate surface area is 245 Å². The molecule has 216 valence electrons. The van der Waals surface area contributed by atoms with Crippen LogP contribution in [-0.4, -0.2) is 57.9 Å². The Bertz CT molecular complexity index is 1640. The van der Waals surface area contributed by atoms with Gasteiger partial charge in [-0.25, -0.2) is 9.97 Å². The van der Waals surface area contributed by atoms with Crippen molar-refractivity contribution < 1.29 is 18.7 Å². The van der Waals surface area contributed by atoms with Crippen molar-refractivity contribution in [2.45, 2.75) is 27.2 Å². The second-order valence-corrected chi connectivity index (χ2v) is 9.00. The predicted octanol–water partition coefficient (Wildman–Crippen LogP) is 5.16. The molecule has 0 fully saturated rings. The number of hydrogen-bond acceptors (Lipinski definition) is 7. The molecule has 9 heteroatoms. The van der Waals surface area contributed by atoms with Gasteiger partial charge in [-0.1, -0.05) is 43.0 Å². The molecule has 9 nitrogen and oxygen atoms in total. The molecule has 1 amide bonds. The molecule has 3 heterocycles. The molecule has 0 bridgehead atoms. The third kappa shape index (κ3) is 6.79. The van der Waals surface area contributed by atoms with Crippen LogP contribution in [0.5, 0.6) is 0 Å². The number of benzene rings is 1. The first-order valence-corrected chi connectivity index (χ1v) is 13.3. The molecular weight excluding hydrogens is 532 g/mol. The lowest BCUT2D eigenvalue weighted by molar-refractivity contribution is 0.0682. The molecule has 1 aromatic carbocycles. The second-order valence-electron chi connectivity index (χ2n) is 9.00. The number of Topliss-reactive ketones (excluding diaryl/α,β-unsaturated/α-hetero) is 1. The van der Waals surface area contributed by atoms with Crippen LogP contribution in [0.15, 0.2) is 70.8 Å². The van der Waals surface area contributed by atoms with Crippen molar-refractivity contribution in [3.05, 3.63) is 100 Å². The first-order valence-electron chi connectivity index (χ1n) is 13.3. The van der Waals surface area contributed by atoms with Crippen molar-refractivity contribution in [1.29, 1.82) is 0 Å². The van der Waals surface area contributed by atoms with E-state index in [1.165, 1.54) is 28.0 Å². The lowest BCUT2D eigenvalue weighted by atomic mass is 9.93. The summed E-state index contributed by atoms with van der Waals surface area (Å²) in [4.78, 5) is 50.7. The van der Waals surface area contributed by atoms with Crippen LogP contribution in [0.1, 0.15) is 58.6 Å². The molecule has 3 aromatic rings. The molecule has 0 spiro atoms. The molecule has 0 atom stereocenters. The van der Waals surface area contributed by atoms with Gasteiger partial charge in [-0.05, 0) is 39.0 Å². The molecule has 1 aliphatic rings. The molecule has 2 aromatic heterocycles. The average molecular weight is 567 g/mol. The Morgan fingerprint density at radius 2 is 1.98 bits per heavy atom. The SMILES string of the molecule is C#CC.C=Cc1c(/C=C\C)nc(CCN2CC(=O)c3cccc(-c4ncco4)c3C2=O)n(C(/C=C\COC)=C/C)c1=O. The molecule has 0 unspecified atom stereocenters. The molecule has 0 N–H and O–H groups in total. The number of amides is 1. The van der Waals surface area contributed by atoms with E-state index in [2.05, 4.69) is 23.9 Å². The number of aromatic nitrogens is 3. The maximum atomic E-state index is 13.6. The van der Waals surface area contributed by atoms with Gasteiger partial charge in [-0.3, -0.25) is 19.0 Å². The number of hydrogen-bond donors (Lipinski definition) is 0. The zero-order valence-electron chi connectivity index (χ0n) is 24.3. The van der Waals surface area contributed by atoms with Gasteiger partial charge in [0.15, 0.2) is 5.78 Å². The zero-order chi connectivity index (χ0) is 30.6. The molecule has 1 aliphatic heterocycles. The van der Waals surface area contributed by atoms with E-state index in [9.17, 15) is 14.4 Å². The molecule has 42 heavy (non-hydrogen) atoms. The van der Waals surface area contributed by atoms with Gasteiger partial charge in [-0.15, -0.1) is 12.3 Å². The van der Waals surface area contributed by atoms with Crippen LogP contribution >= 0.6 is 0 Å². The van der Waals surface area contributed by atoms with Crippen LogP contribution < -0.4 is 5.56 Å². The van der Waals surface area contributed by atoms with E-state index in [1.807, 2.05) is 13.8 Å². The van der Waals surface area contributed by atoms with E-state index in [1.54, 1.807) is 62.6 Å². The quantitative estimate of drug-likeness (QED) is 0.246. The molecule has 0 radical (unpaired) electrons. The van der Waals surface area contributed by atoms with Crippen LogP contribution in [0.2, 0.25) is 0 Å². The van der Waals surface area contributed by atoms with Crippen LogP contribution in [0.25, 0.3) is 29.3 Å². The standard InChI is InChI=1S/C30H30N4O5.C3H4/c1-5-10-24-21(7-3)29(36)34(20(6-2)11-9-17-38-4)26(32-24)14-16-33-19-25(35)22-12-8-13-23(27(22)30(33)37)28-31-15-18-39-28;1-3-2/h5-13,15,18H,3,14,16-17,19H2,1-2,4H3;1H,2H3/b10-5-,11-9-,20-6+;. The van der Waals surface area contributed by atoms with Gasteiger partial charge in [0.05, 0.1) is 41.7 Å². The Kier molecular flexibility index (Phi) is 11.3. The maximum Gasteiger partial charge on any atom is 0.265 e. The fourth-order valence-electron chi connectivity index (χ4n) is 4.53. The number of carbonyl (C=O) groups excluding carboxylic acids is 2. The van der Waals surface area contributed by atoms with Gasteiger partial charge in [0.1, 0.15) is 12.1 Å². The highest BCUT2D eigenvalue weighted by molar-refractivity contribution is 6.16. The third-order valence-corrected chi connectivity index (χ3v) is 6.32. The fourth-order valence-corrected chi connectivity index (χ4v) is 4.53. The first kappa shape index (κ1) is 31.5. The van der Waals surface area contributed by atoms with E-state index in [4.69, 9.17) is 14.1 Å². The highest BCUT2D eigenvalue weighted by atomic mass is 16.5. The molecular formula is C33H34N4O5. The van der Waals surface area contributed by atoms with Gasteiger partial charge in [0.25, 0.3) is 11.5 Å². The topological polar surface area (TPSA) is 108 Å². The van der Waals surface area contributed by atoms with Crippen molar-refractivity contribution >= 4 is 29.5 Å². The number of terminal acetylenes is 1. The highest BCUT2D eigenvalue weighted by Crippen LogP contribution is 2.30. The first-order chi connectivity index (χ1) is 20.4. The molecule has 4 rings (SSSR count). The Morgan fingerprint density at radius 1 is 1.24 bits per heavy atom. The number of fused-ring (bicyclic) bond motifs is 1. The summed E-state index contributed by atoms with van der Waals surface area (Å²) in [5.41, 5.74) is 2.23. The van der Waals surface area contributed by atoms with E-state index >= 15 is 0 Å². The minimum absolute atomic E-state index is 0.0816. The summed E-state index contributed by atoms with van der Waals surface area (Å²) < 4.78 is 12.0. The summed E-state index contributed by atoms with van der Waals surface area (Å²) in [5.74, 6) is 2.47. The third-order valence-electron chi connectivity index (χ3n) is 6.32. The van der Waals surface area contributed by atoms with Crippen molar-refractivity contribution in [3.63, 3.8) is 0 Å². The van der Waals surface area contributed by atoms with E-state index in [-0.39, 0.29) is 48.2 Å². The number of ketones is 1. The fraction of sp³-hybridized carbons (Fsp3) is 0.242. The summed E-state index contributed by atoms with van der Waals surface area (Å²) in [6, 6.07) is 5.06. The predicted molar refractivity (Wildman–Crippen MR) is 165 cm³/mol. The summed E-state index contributed by atoms with van der Waals surface area (Å²) in [6.45, 7) is 9.58. The van der Waals surface area contributed by atoms with Gasteiger partial charge < -0.3 is 14.1 Å². The number of carbonyl (C=O) groups is 2. The van der Waals surface area contributed by atoms with E-state index < -0.39 is 0 Å². The monoisotopic (exact) mass is 566 g/mol. The normalized spacial score (nSPS) is 13.2. The van der Waals surface area contributed by atoms with E-state index in [0.717, 1.165) is 0 Å². The zero-order valence-corrected chi connectivity index (χ0v) is 24.3. The number of rotatable bonds is 10. The summed E-state index contributed by atoms with van der Waals surface area (Å²) in [7, 11) is 1.59. The van der Waals surface area contributed by atoms with E-state index in [0.29, 0.717) is 40.5 Å². The number of nitrogens with zero attached hydrogens (tertiary/aromatic N) is 4. The Balaban J connectivity index is 0.00000155. The van der Waals surface area contributed by atoms with Crippen molar-refractivity contribution in [3.8, 4) is 23.8 Å². The van der Waals surface area contributed by atoms with Crippen LogP contribution in [0, 0.1) is 12.3 Å². The van der Waals surface area contributed by atoms with Crippen LogP contribution in [-0.2, 0) is 11.2 Å². The maximum absolute atomic E-state index is 13.6. The molecule has 0 aliphatic carbocycles. The highest BCUT2D eigenvalue weighted by Gasteiger charge is 2.33. The van der Waals surface area contributed by atoms with Crippen molar-refractivity contribution in [2.24, 2.45) is 0 Å². The molecule has 0 saturated carbocycles. The number of allylic oxidation sites excluding steroid dienone is 4. The largest absolute Gasteiger partial charge is 0.445 e. The minimum atomic E-state index is -0.310. The second kappa shape index (κ2) is 15.1. The minimum Gasteiger partial charge on any atom is -0.445 e. The number of oxazole rings is 1. The lowest BCUT2D eigenvalue weighted by Gasteiger charge is -2.29. The number of methoxy groups -OCH3 is 1. The van der Waals surface area contributed by atoms with Crippen molar-refractivity contribution in [1.82, 2.24) is 19.4 Å².